The van der Waals surface area contributed by atoms with Crippen molar-refractivity contribution >= 4 is 28.2 Å². The van der Waals surface area contributed by atoms with Crippen molar-refractivity contribution in [3.8, 4) is 0 Å². The number of nitrogens with zero attached hydrogens (tertiary/aromatic N) is 7. The summed E-state index contributed by atoms with van der Waals surface area (Å²) in [4.78, 5) is 23.8. The van der Waals surface area contributed by atoms with Crippen molar-refractivity contribution in [1.29, 1.82) is 0 Å². The van der Waals surface area contributed by atoms with Gasteiger partial charge in [0.15, 0.2) is 5.65 Å². The highest BCUT2D eigenvalue weighted by atomic mass is 16.6. The number of para-hydroxylation sites is 2. The van der Waals surface area contributed by atoms with Crippen molar-refractivity contribution in [1.82, 2.24) is 19.7 Å². The van der Waals surface area contributed by atoms with Gasteiger partial charge in [0.05, 0.1) is 16.5 Å². The van der Waals surface area contributed by atoms with Crippen LogP contribution in [-0.4, -0.2) is 50.9 Å². The summed E-state index contributed by atoms with van der Waals surface area (Å²) in [6.45, 7) is 2.84. The molecule has 0 amide bonds. The molecule has 1 aromatic carbocycles. The number of nitro benzene ring substituents is 1. The molecule has 9 heteroatoms. The van der Waals surface area contributed by atoms with E-state index < -0.39 is 0 Å². The molecule has 3 aromatic rings. The number of anilines is 2. The summed E-state index contributed by atoms with van der Waals surface area (Å²) in [6, 6.07) is 6.87. The summed E-state index contributed by atoms with van der Waals surface area (Å²) in [5, 5.41) is 16.4. The molecule has 0 spiro atoms. The van der Waals surface area contributed by atoms with Crippen molar-refractivity contribution in [2.24, 2.45) is 7.05 Å². The fourth-order valence-electron chi connectivity index (χ4n) is 3.25. The minimum Gasteiger partial charge on any atom is -0.362 e. The van der Waals surface area contributed by atoms with Crippen molar-refractivity contribution in [3.05, 3.63) is 46.9 Å². The molecule has 3 heterocycles. The van der Waals surface area contributed by atoms with Gasteiger partial charge >= 0.3 is 0 Å². The highest BCUT2D eigenvalue weighted by Crippen LogP contribution is 2.30. The van der Waals surface area contributed by atoms with E-state index >= 15 is 0 Å². The highest BCUT2D eigenvalue weighted by molar-refractivity contribution is 5.86. The van der Waals surface area contributed by atoms with Crippen molar-refractivity contribution < 1.29 is 4.92 Å². The maximum absolute atomic E-state index is 11.2. The molecule has 0 N–H and O–H groups in total. The summed E-state index contributed by atoms with van der Waals surface area (Å²) in [5.41, 5.74) is 1.61. The molecule has 4 rings (SSSR count). The Kier molecular flexibility index (Phi) is 3.68. The molecule has 0 bridgehead atoms. The Morgan fingerprint density at radius 3 is 2.56 bits per heavy atom. The predicted molar refractivity (Wildman–Crippen MR) is 93.8 cm³/mol. The molecule has 9 nitrogen and oxygen atoms in total. The van der Waals surface area contributed by atoms with E-state index in [1.54, 1.807) is 35.4 Å². The number of piperazine rings is 1. The van der Waals surface area contributed by atoms with Crippen molar-refractivity contribution in [3.63, 3.8) is 0 Å². The minimum atomic E-state index is -0.328. The van der Waals surface area contributed by atoms with Gasteiger partial charge in [0, 0.05) is 39.3 Å². The van der Waals surface area contributed by atoms with Crippen molar-refractivity contribution in [2.75, 3.05) is 36.0 Å². The van der Waals surface area contributed by atoms with Gasteiger partial charge in [-0.2, -0.15) is 5.10 Å². The van der Waals surface area contributed by atoms with Crippen LogP contribution in [0.4, 0.5) is 17.2 Å². The lowest BCUT2D eigenvalue weighted by Crippen LogP contribution is -2.47. The van der Waals surface area contributed by atoms with Gasteiger partial charge in [0.1, 0.15) is 17.8 Å². The average molecular weight is 339 g/mol. The molecule has 128 valence electrons. The average Bonchev–Trinajstić information content (AvgIpc) is 3.03. The van der Waals surface area contributed by atoms with Crippen LogP contribution in [0.5, 0.6) is 0 Å². The van der Waals surface area contributed by atoms with Gasteiger partial charge in [-0.25, -0.2) is 9.97 Å². The number of hydrogen-bond acceptors (Lipinski definition) is 7. The molecule has 1 aliphatic rings. The van der Waals surface area contributed by atoms with Crippen LogP contribution in [0.1, 0.15) is 0 Å². The minimum absolute atomic E-state index is 0.146. The van der Waals surface area contributed by atoms with Gasteiger partial charge in [-0.1, -0.05) is 12.1 Å². The van der Waals surface area contributed by atoms with Crippen molar-refractivity contribution in [2.45, 2.75) is 0 Å². The van der Waals surface area contributed by atoms with Crippen LogP contribution in [-0.2, 0) is 7.05 Å². The Bertz CT molecular complexity index is 931. The second kappa shape index (κ2) is 6.00. The molecule has 0 radical (unpaired) electrons. The number of aryl methyl sites for hydroxylation is 1. The van der Waals surface area contributed by atoms with E-state index in [2.05, 4.69) is 24.9 Å². The summed E-state index contributed by atoms with van der Waals surface area (Å²) < 4.78 is 1.73. The van der Waals surface area contributed by atoms with E-state index in [0.29, 0.717) is 18.8 Å². The summed E-state index contributed by atoms with van der Waals surface area (Å²) in [6.07, 6.45) is 3.33. The molecule has 1 aliphatic heterocycles. The fourth-order valence-corrected chi connectivity index (χ4v) is 3.25. The molecule has 0 saturated carbocycles. The van der Waals surface area contributed by atoms with Crippen LogP contribution < -0.4 is 9.80 Å². The lowest BCUT2D eigenvalue weighted by Gasteiger charge is -2.36. The molecular formula is C16H17N7O2. The quantitative estimate of drug-likeness (QED) is 0.528. The second-order valence-electron chi connectivity index (χ2n) is 5.92. The largest absolute Gasteiger partial charge is 0.362 e. The zero-order chi connectivity index (χ0) is 17.4. The van der Waals surface area contributed by atoms with E-state index in [4.69, 9.17) is 0 Å². The first-order valence-electron chi connectivity index (χ1n) is 8.01. The number of fused-ring (bicyclic) bond motifs is 1. The molecule has 0 atom stereocenters. The molecule has 25 heavy (non-hydrogen) atoms. The van der Waals surface area contributed by atoms with Crippen LogP contribution in [0.15, 0.2) is 36.8 Å². The van der Waals surface area contributed by atoms with E-state index in [1.807, 2.05) is 13.1 Å². The first-order chi connectivity index (χ1) is 12.1. The SMILES string of the molecule is Cn1ncc2c(N3CCN(c4ccccc4[N+](=O)[O-])CC3)ncnc21. The Morgan fingerprint density at radius 1 is 1.08 bits per heavy atom. The Morgan fingerprint density at radius 2 is 1.80 bits per heavy atom. The number of rotatable bonds is 3. The van der Waals surface area contributed by atoms with E-state index in [1.165, 1.54) is 0 Å². The topological polar surface area (TPSA) is 93.2 Å². The number of nitro groups is 1. The summed E-state index contributed by atoms with van der Waals surface area (Å²) >= 11 is 0. The maximum Gasteiger partial charge on any atom is 0.292 e. The molecule has 2 aromatic heterocycles. The number of aromatic nitrogens is 4. The molecule has 1 saturated heterocycles. The molecule has 1 fully saturated rings. The highest BCUT2D eigenvalue weighted by Gasteiger charge is 2.25. The fraction of sp³-hybridized carbons (Fsp3) is 0.312. The number of hydrogen-bond donors (Lipinski definition) is 0. The summed E-state index contributed by atoms with van der Waals surface area (Å²) in [7, 11) is 1.85. The summed E-state index contributed by atoms with van der Waals surface area (Å²) in [5.74, 6) is 0.861. The van der Waals surface area contributed by atoms with Crippen LogP contribution in [0.2, 0.25) is 0 Å². The third kappa shape index (κ3) is 2.63. The lowest BCUT2D eigenvalue weighted by molar-refractivity contribution is -0.384. The Labute approximate surface area is 143 Å². The van der Waals surface area contributed by atoms with Crippen LogP contribution in [0.25, 0.3) is 11.0 Å². The number of benzene rings is 1. The Hall–Kier alpha value is -3.23. The van der Waals surface area contributed by atoms with Crippen LogP contribution in [0, 0.1) is 10.1 Å². The molecule has 0 aliphatic carbocycles. The maximum atomic E-state index is 11.2. The molecule has 0 unspecified atom stereocenters. The second-order valence-corrected chi connectivity index (χ2v) is 5.92. The van der Waals surface area contributed by atoms with E-state index in [-0.39, 0.29) is 10.6 Å². The third-order valence-electron chi connectivity index (χ3n) is 4.51. The van der Waals surface area contributed by atoms with E-state index in [0.717, 1.165) is 29.9 Å². The third-order valence-corrected chi connectivity index (χ3v) is 4.51. The first kappa shape index (κ1) is 15.3. The van der Waals surface area contributed by atoms with Crippen LogP contribution >= 0.6 is 0 Å². The predicted octanol–water partition coefficient (Wildman–Crippen LogP) is 1.60. The zero-order valence-electron chi connectivity index (χ0n) is 13.7. The Balaban J connectivity index is 1.57. The monoisotopic (exact) mass is 339 g/mol. The first-order valence-corrected chi connectivity index (χ1v) is 8.01. The lowest BCUT2D eigenvalue weighted by atomic mass is 10.2. The van der Waals surface area contributed by atoms with Gasteiger partial charge < -0.3 is 9.80 Å². The standard InChI is InChI=1S/C16H17N7O2/c1-20-15-12(10-19-20)16(18-11-17-15)22-8-6-21(7-9-22)13-4-2-3-5-14(13)23(24)25/h2-5,10-11H,6-9H2,1H3. The van der Waals surface area contributed by atoms with E-state index in [9.17, 15) is 10.1 Å². The van der Waals surface area contributed by atoms with Gasteiger partial charge in [-0.15, -0.1) is 0 Å². The van der Waals surface area contributed by atoms with Gasteiger partial charge in [-0.3, -0.25) is 14.8 Å². The van der Waals surface area contributed by atoms with Crippen LogP contribution in [0.3, 0.4) is 0 Å². The normalized spacial score (nSPS) is 14.9. The smallest absolute Gasteiger partial charge is 0.292 e. The van der Waals surface area contributed by atoms with Gasteiger partial charge in [-0.05, 0) is 6.07 Å². The van der Waals surface area contributed by atoms with Gasteiger partial charge in [0.25, 0.3) is 5.69 Å². The zero-order valence-corrected chi connectivity index (χ0v) is 13.7. The molecular weight excluding hydrogens is 322 g/mol. The van der Waals surface area contributed by atoms with Gasteiger partial charge in [0.2, 0.25) is 0 Å².